The molecule has 1 heterocycles. The van der Waals surface area contributed by atoms with Gasteiger partial charge in [-0.1, -0.05) is 42.5 Å². The number of nitrogens with zero attached hydrogens (tertiary/aromatic N) is 1. The Kier molecular flexibility index (Phi) is 7.75. The fourth-order valence-electron chi connectivity index (χ4n) is 3.48. The molecule has 0 atom stereocenters. The highest BCUT2D eigenvalue weighted by Crippen LogP contribution is 2.28. The summed E-state index contributed by atoms with van der Waals surface area (Å²) in [4.78, 5) is 25.8. The van der Waals surface area contributed by atoms with E-state index < -0.39 is 5.60 Å². The molecule has 6 heteroatoms. The van der Waals surface area contributed by atoms with Crippen molar-refractivity contribution in [3.8, 4) is 0 Å². The Morgan fingerprint density at radius 1 is 1.04 bits per heavy atom. The summed E-state index contributed by atoms with van der Waals surface area (Å²) >= 11 is 0. The number of amides is 1. The molecule has 0 aliphatic carbocycles. The largest absolute Gasteiger partial charge is 0.389 e. The summed E-state index contributed by atoms with van der Waals surface area (Å²) < 4.78 is 0. The number of carbonyl (C=O) groups is 2. The number of hydrogen-bond acceptors (Lipinski definition) is 4. The van der Waals surface area contributed by atoms with E-state index in [1.165, 1.54) is 6.92 Å². The van der Waals surface area contributed by atoms with Crippen LogP contribution in [0.3, 0.4) is 0 Å². The molecule has 2 aromatic rings. The molecule has 1 saturated heterocycles. The van der Waals surface area contributed by atoms with E-state index in [1.807, 2.05) is 42.5 Å². The van der Waals surface area contributed by atoms with Crippen molar-refractivity contribution in [2.45, 2.75) is 38.3 Å². The molecule has 2 N–H and O–H groups in total. The van der Waals surface area contributed by atoms with Crippen molar-refractivity contribution in [3.05, 3.63) is 65.7 Å². The van der Waals surface area contributed by atoms with E-state index in [0.717, 1.165) is 30.9 Å². The van der Waals surface area contributed by atoms with Gasteiger partial charge in [0.05, 0.1) is 5.60 Å². The van der Waals surface area contributed by atoms with Crippen molar-refractivity contribution in [2.24, 2.45) is 0 Å². The molecule has 0 unspecified atom stereocenters. The lowest BCUT2D eigenvalue weighted by atomic mass is 9.85. The van der Waals surface area contributed by atoms with Crippen molar-refractivity contribution in [3.63, 3.8) is 0 Å². The monoisotopic (exact) mass is 402 g/mol. The van der Waals surface area contributed by atoms with Crippen molar-refractivity contribution in [2.75, 3.05) is 18.4 Å². The number of anilines is 1. The predicted octanol–water partition coefficient (Wildman–Crippen LogP) is 3.67. The van der Waals surface area contributed by atoms with Crippen LogP contribution in [0.5, 0.6) is 0 Å². The van der Waals surface area contributed by atoms with Crippen LogP contribution in [0.15, 0.2) is 54.6 Å². The van der Waals surface area contributed by atoms with Gasteiger partial charge in [0.15, 0.2) is 5.78 Å². The van der Waals surface area contributed by atoms with Gasteiger partial charge in [-0.05, 0) is 30.5 Å². The number of ketones is 1. The van der Waals surface area contributed by atoms with Gasteiger partial charge in [-0.3, -0.25) is 14.5 Å². The van der Waals surface area contributed by atoms with E-state index in [-0.39, 0.29) is 30.5 Å². The molecule has 150 valence electrons. The average molecular weight is 403 g/mol. The molecule has 1 fully saturated rings. The normalized spacial score (nSPS) is 16.1. The van der Waals surface area contributed by atoms with Gasteiger partial charge in [-0.25, -0.2) is 0 Å². The number of benzene rings is 2. The fourth-order valence-corrected chi connectivity index (χ4v) is 3.48. The van der Waals surface area contributed by atoms with E-state index in [1.54, 1.807) is 12.1 Å². The second kappa shape index (κ2) is 9.82. The van der Waals surface area contributed by atoms with Gasteiger partial charge in [0.1, 0.15) is 0 Å². The number of rotatable bonds is 6. The van der Waals surface area contributed by atoms with Crippen LogP contribution in [-0.2, 0) is 11.3 Å². The summed E-state index contributed by atoms with van der Waals surface area (Å²) in [5.74, 6) is -0.0803. The Labute approximate surface area is 172 Å². The maximum atomic E-state index is 12.4. The zero-order chi connectivity index (χ0) is 19.3. The first-order valence-corrected chi connectivity index (χ1v) is 9.33. The number of hydrogen-bond donors (Lipinski definition) is 2. The quantitative estimate of drug-likeness (QED) is 0.723. The number of piperidine rings is 1. The third-order valence-electron chi connectivity index (χ3n) is 5.05. The Balaban J connectivity index is 0.00000280. The molecule has 5 nitrogen and oxygen atoms in total. The second-order valence-corrected chi connectivity index (χ2v) is 7.34. The first-order chi connectivity index (χ1) is 12.9. The lowest BCUT2D eigenvalue weighted by Crippen LogP contribution is -2.45. The molecule has 2 aromatic carbocycles. The van der Waals surface area contributed by atoms with Crippen LogP contribution >= 0.6 is 12.4 Å². The van der Waals surface area contributed by atoms with Crippen LogP contribution in [0.25, 0.3) is 0 Å². The highest BCUT2D eigenvalue weighted by molar-refractivity contribution is 5.96. The zero-order valence-electron chi connectivity index (χ0n) is 16.1. The lowest BCUT2D eigenvalue weighted by molar-refractivity contribution is -0.114. The van der Waals surface area contributed by atoms with Gasteiger partial charge in [0.25, 0.3) is 0 Å². The highest BCUT2D eigenvalue weighted by Gasteiger charge is 2.34. The van der Waals surface area contributed by atoms with Crippen molar-refractivity contribution in [1.29, 1.82) is 0 Å². The third-order valence-corrected chi connectivity index (χ3v) is 5.05. The molecule has 0 bridgehead atoms. The Hall–Kier alpha value is -2.21. The molecule has 0 aromatic heterocycles. The summed E-state index contributed by atoms with van der Waals surface area (Å²) in [6.07, 6.45) is 1.36. The molecule has 3 rings (SSSR count). The molecule has 1 aliphatic heterocycles. The number of carbonyl (C=O) groups excluding carboxylic acids is 2. The number of nitrogens with one attached hydrogen (secondary N) is 1. The van der Waals surface area contributed by atoms with Crippen molar-refractivity contribution in [1.82, 2.24) is 4.90 Å². The van der Waals surface area contributed by atoms with Gasteiger partial charge in [0.2, 0.25) is 5.91 Å². The Morgan fingerprint density at radius 2 is 1.64 bits per heavy atom. The molecule has 28 heavy (non-hydrogen) atoms. The second-order valence-electron chi connectivity index (χ2n) is 7.34. The SMILES string of the molecule is CC(=O)Nc1ccc(CN2CCC(O)(CC(=O)c3ccccc3)CC2)cc1.Cl. The first kappa shape index (κ1) is 22.1. The summed E-state index contributed by atoms with van der Waals surface area (Å²) in [5, 5.41) is 13.6. The lowest BCUT2D eigenvalue weighted by Gasteiger charge is -2.38. The Bertz CT molecular complexity index is 785. The van der Waals surface area contributed by atoms with Crippen LogP contribution in [-0.4, -0.2) is 40.4 Å². The predicted molar refractivity (Wildman–Crippen MR) is 113 cm³/mol. The van der Waals surface area contributed by atoms with Gasteiger partial charge in [-0.15, -0.1) is 12.4 Å². The van der Waals surface area contributed by atoms with Crippen molar-refractivity contribution < 1.29 is 14.7 Å². The van der Waals surface area contributed by atoms with E-state index in [2.05, 4.69) is 10.2 Å². The molecular weight excluding hydrogens is 376 g/mol. The minimum Gasteiger partial charge on any atom is -0.389 e. The standard InChI is InChI=1S/C22H26N2O3.ClH/c1-17(25)23-20-9-7-18(8-10-20)16-24-13-11-22(27,12-14-24)15-21(26)19-5-3-2-4-6-19;/h2-10,27H,11-16H2,1H3,(H,23,25);1H. The van der Waals surface area contributed by atoms with Crippen LogP contribution in [0.4, 0.5) is 5.69 Å². The number of aliphatic hydroxyl groups is 1. The minimum atomic E-state index is -0.918. The maximum Gasteiger partial charge on any atom is 0.221 e. The topological polar surface area (TPSA) is 69.6 Å². The number of Topliss-reactive ketones (excluding diaryl/α,β-unsaturated/α-hetero) is 1. The molecule has 0 spiro atoms. The van der Waals surface area contributed by atoms with E-state index in [0.29, 0.717) is 18.4 Å². The van der Waals surface area contributed by atoms with Crippen molar-refractivity contribution >= 4 is 29.8 Å². The van der Waals surface area contributed by atoms with Crippen LogP contribution in [0.1, 0.15) is 42.1 Å². The number of halogens is 1. The summed E-state index contributed by atoms with van der Waals surface area (Å²) in [5.41, 5.74) is 1.69. The summed E-state index contributed by atoms with van der Waals surface area (Å²) in [6.45, 7) is 3.80. The molecule has 1 amide bonds. The van der Waals surface area contributed by atoms with E-state index >= 15 is 0 Å². The fraction of sp³-hybridized carbons (Fsp3) is 0.364. The van der Waals surface area contributed by atoms with Gasteiger partial charge in [0, 0.05) is 44.2 Å². The smallest absolute Gasteiger partial charge is 0.221 e. The van der Waals surface area contributed by atoms with E-state index in [4.69, 9.17) is 0 Å². The molecule has 0 saturated carbocycles. The molecule has 1 aliphatic rings. The molecular formula is C22H27ClN2O3. The zero-order valence-corrected chi connectivity index (χ0v) is 16.9. The summed E-state index contributed by atoms with van der Waals surface area (Å²) in [6, 6.07) is 17.0. The average Bonchev–Trinajstić information content (AvgIpc) is 2.65. The van der Waals surface area contributed by atoms with Gasteiger partial charge >= 0.3 is 0 Å². The Morgan fingerprint density at radius 3 is 2.21 bits per heavy atom. The first-order valence-electron chi connectivity index (χ1n) is 9.33. The maximum absolute atomic E-state index is 12.4. The van der Waals surface area contributed by atoms with Crippen LogP contribution in [0, 0.1) is 0 Å². The molecule has 0 radical (unpaired) electrons. The van der Waals surface area contributed by atoms with Gasteiger partial charge < -0.3 is 10.4 Å². The van der Waals surface area contributed by atoms with Gasteiger partial charge in [-0.2, -0.15) is 0 Å². The number of likely N-dealkylation sites (tertiary alicyclic amines) is 1. The third kappa shape index (κ3) is 6.16. The minimum absolute atomic E-state index is 0. The van der Waals surface area contributed by atoms with E-state index in [9.17, 15) is 14.7 Å². The van der Waals surface area contributed by atoms with Crippen LogP contribution in [0.2, 0.25) is 0 Å². The van der Waals surface area contributed by atoms with Crippen LogP contribution < -0.4 is 5.32 Å². The highest BCUT2D eigenvalue weighted by atomic mass is 35.5. The summed E-state index contributed by atoms with van der Waals surface area (Å²) in [7, 11) is 0.